The van der Waals surface area contributed by atoms with Crippen LogP contribution in [0, 0.1) is 11.3 Å². The molecule has 4 amide bonds. The van der Waals surface area contributed by atoms with E-state index < -0.39 is 23.3 Å². The first-order valence-electron chi connectivity index (χ1n) is 5.59. The summed E-state index contributed by atoms with van der Waals surface area (Å²) < 4.78 is 0. The number of imide groups is 2. The Labute approximate surface area is 123 Å². The molecule has 0 radical (unpaired) electrons. The summed E-state index contributed by atoms with van der Waals surface area (Å²) in [7, 11) is 0. The molecular formula is C11H18N2NaO3+. The number of nitrogens with one attached hydrogen (secondary N) is 2. The summed E-state index contributed by atoms with van der Waals surface area (Å²) in [5.41, 5.74) is -1.07. The molecule has 1 aliphatic rings. The van der Waals surface area contributed by atoms with E-state index in [1.54, 1.807) is 6.92 Å². The van der Waals surface area contributed by atoms with Crippen molar-refractivity contribution < 1.29 is 43.9 Å². The van der Waals surface area contributed by atoms with E-state index in [2.05, 4.69) is 10.6 Å². The standard InChI is InChI=1S/C11H18N2O3.Na/c1-4-11(6-5-7(2)3)8(14)12-10(16)13-9(11)15;/h7H,4-6H2,1-3H3,(H2,12,13,14,15,16);/q;+1. The minimum absolute atomic E-state index is 0. The van der Waals surface area contributed by atoms with E-state index in [1.807, 2.05) is 13.8 Å². The number of amides is 4. The van der Waals surface area contributed by atoms with Gasteiger partial charge in [-0.2, -0.15) is 0 Å². The van der Waals surface area contributed by atoms with Crippen LogP contribution in [-0.4, -0.2) is 17.8 Å². The molecule has 1 rings (SSSR count). The fraction of sp³-hybridized carbons (Fsp3) is 0.727. The van der Waals surface area contributed by atoms with Crippen LogP contribution in [0.15, 0.2) is 0 Å². The largest absolute Gasteiger partial charge is 1.00 e. The maximum Gasteiger partial charge on any atom is 1.00 e. The zero-order valence-electron chi connectivity index (χ0n) is 10.9. The quantitative estimate of drug-likeness (QED) is 0.455. The summed E-state index contributed by atoms with van der Waals surface area (Å²) in [6.07, 6.45) is 1.67. The molecule has 1 saturated heterocycles. The van der Waals surface area contributed by atoms with Crippen LogP contribution in [-0.2, 0) is 9.59 Å². The molecule has 0 spiro atoms. The molecule has 0 atom stereocenters. The molecule has 0 saturated carbocycles. The molecule has 0 aromatic carbocycles. The first-order chi connectivity index (χ1) is 7.42. The van der Waals surface area contributed by atoms with Crippen molar-refractivity contribution >= 4 is 17.8 Å². The van der Waals surface area contributed by atoms with Gasteiger partial charge in [0.25, 0.3) is 0 Å². The van der Waals surface area contributed by atoms with Gasteiger partial charge in [-0.25, -0.2) is 4.79 Å². The van der Waals surface area contributed by atoms with Crippen LogP contribution in [0.1, 0.15) is 40.0 Å². The normalized spacial score (nSPS) is 18.5. The summed E-state index contributed by atoms with van der Waals surface area (Å²) in [5, 5.41) is 4.33. The summed E-state index contributed by atoms with van der Waals surface area (Å²) in [6.45, 7) is 5.86. The molecule has 1 heterocycles. The maximum absolute atomic E-state index is 11.8. The summed E-state index contributed by atoms with van der Waals surface area (Å²) in [5.74, 6) is -0.518. The van der Waals surface area contributed by atoms with Crippen molar-refractivity contribution in [3.8, 4) is 0 Å². The molecule has 0 aromatic rings. The summed E-state index contributed by atoms with van der Waals surface area (Å²) >= 11 is 0. The Morgan fingerprint density at radius 2 is 1.59 bits per heavy atom. The van der Waals surface area contributed by atoms with Gasteiger partial charge < -0.3 is 0 Å². The van der Waals surface area contributed by atoms with Gasteiger partial charge in [-0.05, 0) is 25.2 Å². The molecule has 17 heavy (non-hydrogen) atoms. The molecule has 1 aliphatic heterocycles. The van der Waals surface area contributed by atoms with Crippen molar-refractivity contribution in [3.63, 3.8) is 0 Å². The van der Waals surface area contributed by atoms with Gasteiger partial charge in [-0.15, -0.1) is 0 Å². The summed E-state index contributed by atoms with van der Waals surface area (Å²) in [6, 6.07) is -0.719. The van der Waals surface area contributed by atoms with Crippen molar-refractivity contribution in [2.75, 3.05) is 0 Å². The number of hydrogen-bond donors (Lipinski definition) is 2. The van der Waals surface area contributed by atoms with E-state index in [0.717, 1.165) is 6.42 Å². The predicted octanol–water partition coefficient (Wildman–Crippen LogP) is -1.81. The Bertz CT molecular complexity index is 309. The smallest absolute Gasteiger partial charge is 0.277 e. The van der Waals surface area contributed by atoms with E-state index in [0.29, 0.717) is 18.8 Å². The van der Waals surface area contributed by atoms with Crippen molar-refractivity contribution in [1.29, 1.82) is 0 Å². The molecule has 1 fully saturated rings. The number of carbonyl (C=O) groups excluding carboxylic acids is 3. The van der Waals surface area contributed by atoms with Gasteiger partial charge in [-0.1, -0.05) is 20.8 Å². The van der Waals surface area contributed by atoms with Crippen LogP contribution in [0.3, 0.4) is 0 Å². The van der Waals surface area contributed by atoms with Crippen LogP contribution >= 0.6 is 0 Å². The molecule has 90 valence electrons. The third-order valence-electron chi connectivity index (χ3n) is 3.08. The van der Waals surface area contributed by atoms with Crippen LogP contribution < -0.4 is 40.2 Å². The van der Waals surface area contributed by atoms with Crippen molar-refractivity contribution in [2.45, 2.75) is 40.0 Å². The third kappa shape index (κ3) is 3.53. The number of carbonyl (C=O) groups is 3. The first kappa shape index (κ1) is 16.6. The number of barbiturate groups is 1. The zero-order valence-corrected chi connectivity index (χ0v) is 12.9. The third-order valence-corrected chi connectivity index (χ3v) is 3.08. The number of hydrogen-bond acceptors (Lipinski definition) is 3. The van der Waals surface area contributed by atoms with Gasteiger partial charge in [-0.3, -0.25) is 20.2 Å². The van der Waals surface area contributed by atoms with E-state index in [-0.39, 0.29) is 29.6 Å². The van der Waals surface area contributed by atoms with Gasteiger partial charge in [0, 0.05) is 0 Å². The molecule has 2 N–H and O–H groups in total. The molecule has 6 heteroatoms. The predicted molar refractivity (Wildman–Crippen MR) is 58.5 cm³/mol. The zero-order chi connectivity index (χ0) is 12.3. The fourth-order valence-electron chi connectivity index (χ4n) is 1.84. The molecule has 0 aromatic heterocycles. The van der Waals surface area contributed by atoms with Crippen LogP contribution in [0.5, 0.6) is 0 Å². The second-order valence-corrected chi connectivity index (χ2v) is 4.61. The molecule has 5 nitrogen and oxygen atoms in total. The van der Waals surface area contributed by atoms with E-state index >= 15 is 0 Å². The second-order valence-electron chi connectivity index (χ2n) is 4.61. The second kappa shape index (κ2) is 6.52. The average molecular weight is 249 g/mol. The summed E-state index contributed by atoms with van der Waals surface area (Å²) in [4.78, 5) is 34.5. The average Bonchev–Trinajstić information content (AvgIpc) is 2.17. The van der Waals surface area contributed by atoms with Crippen molar-refractivity contribution in [3.05, 3.63) is 0 Å². The molecule has 0 unspecified atom stereocenters. The minimum atomic E-state index is -1.07. The number of rotatable bonds is 4. The Hall–Kier alpha value is -0.390. The van der Waals surface area contributed by atoms with Gasteiger partial charge in [0.15, 0.2) is 0 Å². The van der Waals surface area contributed by atoms with Gasteiger partial charge >= 0.3 is 35.6 Å². The topological polar surface area (TPSA) is 75.3 Å². The molecular weight excluding hydrogens is 231 g/mol. The maximum atomic E-state index is 11.8. The Morgan fingerprint density at radius 1 is 1.12 bits per heavy atom. The molecule has 0 bridgehead atoms. The van der Waals surface area contributed by atoms with Crippen LogP contribution in [0.4, 0.5) is 4.79 Å². The fourth-order valence-corrected chi connectivity index (χ4v) is 1.84. The van der Waals surface area contributed by atoms with E-state index in [4.69, 9.17) is 0 Å². The Morgan fingerprint density at radius 3 is 1.94 bits per heavy atom. The van der Waals surface area contributed by atoms with Gasteiger partial charge in [0.1, 0.15) is 5.41 Å². The first-order valence-corrected chi connectivity index (χ1v) is 5.59. The Balaban J connectivity index is 0.00000256. The van der Waals surface area contributed by atoms with Crippen molar-refractivity contribution in [2.24, 2.45) is 11.3 Å². The van der Waals surface area contributed by atoms with Gasteiger partial charge in [0.05, 0.1) is 0 Å². The van der Waals surface area contributed by atoms with Crippen LogP contribution in [0.25, 0.3) is 0 Å². The Kier molecular flexibility index (Phi) is 6.37. The van der Waals surface area contributed by atoms with E-state index in [1.165, 1.54) is 0 Å². The van der Waals surface area contributed by atoms with E-state index in [9.17, 15) is 14.4 Å². The number of urea groups is 1. The van der Waals surface area contributed by atoms with Gasteiger partial charge in [0.2, 0.25) is 11.8 Å². The molecule has 0 aliphatic carbocycles. The minimum Gasteiger partial charge on any atom is -0.277 e. The SMILES string of the molecule is CCC1(CCC(C)C)C(=O)NC(=O)NC1=O.[Na+]. The monoisotopic (exact) mass is 249 g/mol. The van der Waals surface area contributed by atoms with Crippen LogP contribution in [0.2, 0.25) is 0 Å². The van der Waals surface area contributed by atoms with Crippen molar-refractivity contribution in [1.82, 2.24) is 10.6 Å².